The number of carbonyl (C=O) groups is 1. The number of ether oxygens (including phenoxy) is 1. The van der Waals surface area contributed by atoms with Gasteiger partial charge < -0.3 is 4.74 Å². The number of halogens is 2. The number of carbonyl (C=O) groups excluding carboxylic acids is 1. The summed E-state index contributed by atoms with van der Waals surface area (Å²) >= 11 is 11.0. The molecule has 3 heterocycles. The highest BCUT2D eigenvalue weighted by atomic mass is 79.9. The molecule has 3 aromatic rings. The molecule has 4 rings (SSSR count). The third kappa shape index (κ3) is 2.60. The summed E-state index contributed by atoms with van der Waals surface area (Å²) < 4.78 is 7.93. The van der Waals surface area contributed by atoms with E-state index in [4.69, 9.17) is 16.3 Å². The number of rotatable bonds is 2. The summed E-state index contributed by atoms with van der Waals surface area (Å²) in [6, 6.07) is 7.39. The lowest BCUT2D eigenvalue weighted by molar-refractivity contribution is -0.129. The molecular formula is C15H7BrClN3O2S. The maximum atomic E-state index is 12.1. The van der Waals surface area contributed by atoms with E-state index in [1.165, 1.54) is 11.3 Å². The molecule has 5 nitrogen and oxygen atoms in total. The second-order valence-electron chi connectivity index (χ2n) is 4.69. The average Bonchev–Trinajstić information content (AvgIpc) is 3.18. The van der Waals surface area contributed by atoms with E-state index >= 15 is 0 Å². The molecule has 114 valence electrons. The highest BCUT2D eigenvalue weighted by Crippen LogP contribution is 2.26. The zero-order chi connectivity index (χ0) is 16.0. The van der Waals surface area contributed by atoms with Gasteiger partial charge in [0.15, 0.2) is 15.8 Å². The van der Waals surface area contributed by atoms with Crippen LogP contribution in [0.3, 0.4) is 0 Å². The van der Waals surface area contributed by atoms with Crippen molar-refractivity contribution in [3.63, 3.8) is 0 Å². The van der Waals surface area contributed by atoms with Crippen molar-refractivity contribution >= 4 is 61.8 Å². The fraction of sp³-hybridized carbons (Fsp3) is 0. The molecule has 2 aromatic heterocycles. The van der Waals surface area contributed by atoms with E-state index in [-0.39, 0.29) is 11.6 Å². The topological polar surface area (TPSA) is 56.0 Å². The third-order valence-electron chi connectivity index (χ3n) is 3.22. The lowest BCUT2D eigenvalue weighted by Crippen LogP contribution is -2.05. The van der Waals surface area contributed by atoms with Gasteiger partial charge in [-0.25, -0.2) is 14.8 Å². The summed E-state index contributed by atoms with van der Waals surface area (Å²) in [6.07, 6.45) is 3.42. The number of thiazole rings is 1. The summed E-state index contributed by atoms with van der Waals surface area (Å²) in [6.45, 7) is 0. The number of fused-ring (bicyclic) bond motifs is 1. The molecule has 0 aliphatic carbocycles. The molecule has 0 bridgehead atoms. The predicted molar refractivity (Wildman–Crippen MR) is 92.8 cm³/mol. The Kier molecular flexibility index (Phi) is 3.56. The quantitative estimate of drug-likeness (QED) is 0.473. The number of hydrogen-bond acceptors (Lipinski definition) is 5. The highest BCUT2D eigenvalue weighted by Gasteiger charge is 2.25. The zero-order valence-electron chi connectivity index (χ0n) is 11.4. The normalized spacial score (nSPS) is 16.2. The maximum absolute atomic E-state index is 12.1. The molecule has 0 radical (unpaired) electrons. The van der Waals surface area contributed by atoms with Gasteiger partial charge in [-0.05, 0) is 24.3 Å². The van der Waals surface area contributed by atoms with Crippen molar-refractivity contribution in [2.24, 2.45) is 4.99 Å². The minimum atomic E-state index is -0.513. The van der Waals surface area contributed by atoms with Crippen LogP contribution in [0.25, 0.3) is 11.0 Å². The van der Waals surface area contributed by atoms with Crippen LogP contribution < -0.4 is 0 Å². The van der Waals surface area contributed by atoms with Crippen LogP contribution in [0.5, 0.6) is 0 Å². The summed E-state index contributed by atoms with van der Waals surface area (Å²) in [5, 5.41) is 2.22. The first-order valence-corrected chi connectivity index (χ1v) is 8.56. The van der Waals surface area contributed by atoms with Crippen LogP contribution in [0.1, 0.15) is 11.3 Å². The van der Waals surface area contributed by atoms with Gasteiger partial charge in [0.2, 0.25) is 5.90 Å². The van der Waals surface area contributed by atoms with Crippen LogP contribution in [0.2, 0.25) is 5.15 Å². The standard InChI is InChI=1S/C15H7BrClN3O2S/c16-9-3-1-2-8(6-9)13-18-10(14(21)22-13)7-11-12(17)19-15-20(11)4-5-23-15/h1-7H/b10-7-. The van der Waals surface area contributed by atoms with Crippen LogP contribution in [-0.2, 0) is 9.53 Å². The average molecular weight is 409 g/mol. The van der Waals surface area contributed by atoms with E-state index in [9.17, 15) is 4.79 Å². The molecule has 0 saturated carbocycles. The number of cyclic esters (lactones) is 1. The van der Waals surface area contributed by atoms with Crippen molar-refractivity contribution < 1.29 is 9.53 Å². The minimum absolute atomic E-state index is 0.190. The second-order valence-corrected chi connectivity index (χ2v) is 6.84. The molecule has 23 heavy (non-hydrogen) atoms. The molecule has 0 atom stereocenters. The van der Waals surface area contributed by atoms with Crippen molar-refractivity contribution in [1.82, 2.24) is 9.38 Å². The van der Waals surface area contributed by atoms with E-state index in [2.05, 4.69) is 25.9 Å². The molecule has 0 amide bonds. The summed E-state index contributed by atoms with van der Waals surface area (Å²) in [5.41, 5.74) is 1.51. The van der Waals surface area contributed by atoms with Crippen LogP contribution in [0, 0.1) is 0 Å². The number of nitrogens with zero attached hydrogens (tertiary/aromatic N) is 3. The molecule has 1 aromatic carbocycles. The van der Waals surface area contributed by atoms with Gasteiger partial charge >= 0.3 is 5.97 Å². The van der Waals surface area contributed by atoms with Crippen LogP contribution >= 0.6 is 38.9 Å². The van der Waals surface area contributed by atoms with Crippen molar-refractivity contribution in [2.45, 2.75) is 0 Å². The van der Waals surface area contributed by atoms with Crippen molar-refractivity contribution in [1.29, 1.82) is 0 Å². The Labute approximate surface area is 148 Å². The van der Waals surface area contributed by atoms with Gasteiger partial charge in [-0.1, -0.05) is 33.6 Å². The third-order valence-corrected chi connectivity index (χ3v) is 4.75. The maximum Gasteiger partial charge on any atom is 0.363 e. The van der Waals surface area contributed by atoms with Crippen LogP contribution in [0.4, 0.5) is 0 Å². The Bertz CT molecular complexity index is 1010. The van der Waals surface area contributed by atoms with Gasteiger partial charge in [-0.15, -0.1) is 11.3 Å². The lowest BCUT2D eigenvalue weighted by Gasteiger charge is -1.99. The molecular weight excluding hydrogens is 402 g/mol. The summed E-state index contributed by atoms with van der Waals surface area (Å²) in [7, 11) is 0. The van der Waals surface area contributed by atoms with E-state index < -0.39 is 5.97 Å². The van der Waals surface area contributed by atoms with Gasteiger partial charge in [0.1, 0.15) is 0 Å². The van der Waals surface area contributed by atoms with Crippen molar-refractivity contribution in [3.05, 3.63) is 62.4 Å². The van der Waals surface area contributed by atoms with Gasteiger partial charge in [0, 0.05) is 21.6 Å². The Morgan fingerprint density at radius 3 is 3.09 bits per heavy atom. The Morgan fingerprint density at radius 2 is 2.26 bits per heavy atom. The first kappa shape index (κ1) is 14.6. The first-order chi connectivity index (χ1) is 11.1. The fourth-order valence-corrected chi connectivity index (χ4v) is 3.59. The molecule has 1 aliphatic rings. The summed E-state index contributed by atoms with van der Waals surface area (Å²) in [4.78, 5) is 21.3. The number of hydrogen-bond donors (Lipinski definition) is 0. The van der Waals surface area contributed by atoms with Crippen molar-refractivity contribution in [2.75, 3.05) is 0 Å². The van der Waals surface area contributed by atoms with Gasteiger partial charge in [0.05, 0.1) is 5.69 Å². The van der Waals surface area contributed by atoms with Crippen LogP contribution in [-0.4, -0.2) is 21.3 Å². The second kappa shape index (κ2) is 5.59. The SMILES string of the molecule is O=C1OC(c2cccc(Br)c2)=N/C1=C\c1c(Cl)nc2sccn12. The molecule has 0 fully saturated rings. The van der Waals surface area contributed by atoms with E-state index in [0.717, 1.165) is 15.0 Å². The monoisotopic (exact) mass is 407 g/mol. The Hall–Kier alpha value is -1.96. The zero-order valence-corrected chi connectivity index (χ0v) is 14.5. The molecule has 1 aliphatic heterocycles. The van der Waals surface area contributed by atoms with Crippen LogP contribution in [0.15, 0.2) is 51.0 Å². The van der Waals surface area contributed by atoms with E-state index in [1.54, 1.807) is 10.5 Å². The molecule has 0 spiro atoms. The molecule has 8 heteroatoms. The van der Waals surface area contributed by atoms with E-state index in [0.29, 0.717) is 10.8 Å². The molecule has 0 unspecified atom stereocenters. The lowest BCUT2D eigenvalue weighted by atomic mass is 10.2. The predicted octanol–water partition coefficient (Wildman–Crippen LogP) is 4.16. The summed E-state index contributed by atoms with van der Waals surface area (Å²) in [5.74, 6) is -0.244. The van der Waals surface area contributed by atoms with Crippen molar-refractivity contribution in [3.8, 4) is 0 Å². The Morgan fingerprint density at radius 1 is 1.39 bits per heavy atom. The first-order valence-electron chi connectivity index (χ1n) is 6.51. The minimum Gasteiger partial charge on any atom is -0.402 e. The van der Waals surface area contributed by atoms with Gasteiger partial charge in [-0.2, -0.15) is 0 Å². The molecule has 0 N–H and O–H groups in total. The highest BCUT2D eigenvalue weighted by molar-refractivity contribution is 9.10. The number of esters is 1. The smallest absolute Gasteiger partial charge is 0.363 e. The number of benzene rings is 1. The Balaban J connectivity index is 1.78. The number of imidazole rings is 1. The molecule has 0 saturated heterocycles. The number of aliphatic imine (C=N–C) groups is 1. The largest absolute Gasteiger partial charge is 0.402 e. The fourth-order valence-electron chi connectivity index (χ4n) is 2.19. The van der Waals surface area contributed by atoms with E-state index in [1.807, 2.05) is 35.8 Å². The number of aromatic nitrogens is 2. The van der Waals surface area contributed by atoms with Gasteiger partial charge in [-0.3, -0.25) is 4.40 Å². The van der Waals surface area contributed by atoms with Gasteiger partial charge in [0.25, 0.3) is 0 Å².